The molecule has 1 aromatic heterocycles. The first-order valence-corrected chi connectivity index (χ1v) is 9.71. The van der Waals surface area contributed by atoms with Crippen molar-refractivity contribution in [1.29, 1.82) is 0 Å². The zero-order valence-electron chi connectivity index (χ0n) is 16.6. The lowest BCUT2D eigenvalue weighted by Gasteiger charge is -2.33. The number of phenolic OH excluding ortho intramolecular Hbond substituents is 1. The first kappa shape index (κ1) is 19.4. The number of benzene rings is 1. The number of aryl methyl sites for hydroxylation is 1. The van der Waals surface area contributed by atoms with Gasteiger partial charge in [-0.25, -0.2) is 4.98 Å². The number of amides is 1. The van der Waals surface area contributed by atoms with Gasteiger partial charge >= 0.3 is 0 Å². The van der Waals surface area contributed by atoms with E-state index in [1.165, 1.54) is 0 Å². The van der Waals surface area contributed by atoms with Gasteiger partial charge in [0.25, 0.3) is 5.91 Å². The lowest BCUT2D eigenvalue weighted by Crippen LogP contribution is -2.40. The highest BCUT2D eigenvalue weighted by Gasteiger charge is 2.28. The number of aromatic nitrogens is 2. The number of hydrogen-bond acceptors (Lipinski definition) is 4. The highest BCUT2D eigenvalue weighted by atomic mass is 16.3. The van der Waals surface area contributed by atoms with Crippen molar-refractivity contribution in [3.8, 4) is 5.75 Å². The summed E-state index contributed by atoms with van der Waals surface area (Å²) in [6.45, 7) is 5.22. The number of likely N-dealkylation sites (tertiary alicyclic amines) is 1. The molecule has 0 spiro atoms. The fourth-order valence-electron chi connectivity index (χ4n) is 3.82. The first-order valence-electron chi connectivity index (χ1n) is 9.71. The summed E-state index contributed by atoms with van der Waals surface area (Å²) in [4.78, 5) is 21.7. The normalized spacial score (nSPS) is 17.5. The van der Waals surface area contributed by atoms with E-state index in [1.54, 1.807) is 25.1 Å². The van der Waals surface area contributed by atoms with E-state index < -0.39 is 0 Å². The van der Waals surface area contributed by atoms with Gasteiger partial charge in [0, 0.05) is 49.1 Å². The smallest absolute Gasteiger partial charge is 0.254 e. The van der Waals surface area contributed by atoms with E-state index in [1.807, 2.05) is 17.3 Å². The summed E-state index contributed by atoms with van der Waals surface area (Å²) in [6.07, 6.45) is 7.01. The average molecular weight is 370 g/mol. The molecular formula is C21H30N4O2. The second-order valence-electron chi connectivity index (χ2n) is 7.68. The van der Waals surface area contributed by atoms with Gasteiger partial charge in [-0.3, -0.25) is 4.79 Å². The van der Waals surface area contributed by atoms with E-state index in [9.17, 15) is 9.90 Å². The molecule has 1 atom stereocenters. The molecule has 6 heteroatoms. The summed E-state index contributed by atoms with van der Waals surface area (Å²) in [5.74, 6) is 1.51. The molecule has 2 aromatic rings. The van der Waals surface area contributed by atoms with Crippen LogP contribution in [0.25, 0.3) is 0 Å². The molecule has 2 heterocycles. The van der Waals surface area contributed by atoms with Crippen LogP contribution in [0.1, 0.15) is 46.9 Å². The molecule has 1 N–H and O–H groups in total. The summed E-state index contributed by atoms with van der Waals surface area (Å²) < 4.78 is 2.24. The van der Waals surface area contributed by atoms with Crippen LogP contribution in [0.3, 0.4) is 0 Å². The standard InChI is InChI=1S/C21H30N4O2/c1-16-18(8-4-9-19(16)26)21(27)25-12-5-7-17(15-25)20-22-10-14-24(20)13-6-11-23(2)3/h4,8-10,14,17,26H,5-7,11-13,15H2,1-3H3/t17-/m0/s1. The van der Waals surface area contributed by atoms with Crippen molar-refractivity contribution in [2.45, 2.75) is 38.6 Å². The Morgan fingerprint density at radius 3 is 2.96 bits per heavy atom. The van der Waals surface area contributed by atoms with E-state index in [0.29, 0.717) is 17.7 Å². The number of hydrogen-bond donors (Lipinski definition) is 1. The molecule has 1 fully saturated rings. The number of rotatable bonds is 6. The maximum atomic E-state index is 13.0. The summed E-state index contributed by atoms with van der Waals surface area (Å²) in [7, 11) is 4.17. The van der Waals surface area contributed by atoms with Crippen LogP contribution in [-0.4, -0.2) is 64.1 Å². The topological polar surface area (TPSA) is 61.6 Å². The Labute approximate surface area is 161 Å². The Morgan fingerprint density at radius 2 is 2.19 bits per heavy atom. The summed E-state index contributed by atoms with van der Waals surface area (Å²) >= 11 is 0. The third-order valence-corrected chi connectivity index (χ3v) is 5.36. The number of imidazole rings is 1. The van der Waals surface area contributed by atoms with Crippen LogP contribution < -0.4 is 0 Å². The largest absolute Gasteiger partial charge is 0.508 e. The van der Waals surface area contributed by atoms with Crippen molar-refractivity contribution in [2.24, 2.45) is 0 Å². The molecule has 1 aromatic carbocycles. The molecule has 1 aliphatic heterocycles. The average Bonchev–Trinajstić information content (AvgIpc) is 3.12. The molecule has 27 heavy (non-hydrogen) atoms. The lowest BCUT2D eigenvalue weighted by atomic mass is 9.95. The van der Waals surface area contributed by atoms with Gasteiger partial charge < -0.3 is 19.5 Å². The fraction of sp³-hybridized carbons (Fsp3) is 0.524. The molecule has 146 valence electrons. The molecule has 0 aliphatic carbocycles. The highest BCUT2D eigenvalue weighted by Crippen LogP contribution is 2.28. The zero-order valence-corrected chi connectivity index (χ0v) is 16.6. The molecule has 6 nitrogen and oxygen atoms in total. The summed E-state index contributed by atoms with van der Waals surface area (Å²) in [5.41, 5.74) is 1.24. The Hall–Kier alpha value is -2.34. The molecule has 1 saturated heterocycles. The predicted molar refractivity (Wildman–Crippen MR) is 106 cm³/mol. The number of carbonyl (C=O) groups excluding carboxylic acids is 1. The minimum Gasteiger partial charge on any atom is -0.508 e. The van der Waals surface area contributed by atoms with Gasteiger partial charge in [0.1, 0.15) is 11.6 Å². The summed E-state index contributed by atoms with van der Waals surface area (Å²) in [6, 6.07) is 5.15. The fourth-order valence-corrected chi connectivity index (χ4v) is 3.82. The van der Waals surface area contributed by atoms with Gasteiger partial charge in [-0.05, 0) is 59.0 Å². The minimum atomic E-state index is -0.00110. The number of carbonyl (C=O) groups is 1. The number of nitrogens with zero attached hydrogens (tertiary/aromatic N) is 4. The Balaban J connectivity index is 1.70. The molecule has 0 unspecified atom stereocenters. The highest BCUT2D eigenvalue weighted by molar-refractivity contribution is 5.96. The maximum absolute atomic E-state index is 13.0. The van der Waals surface area contributed by atoms with Gasteiger partial charge in [0.2, 0.25) is 0 Å². The third-order valence-electron chi connectivity index (χ3n) is 5.36. The van der Waals surface area contributed by atoms with Crippen molar-refractivity contribution >= 4 is 5.91 Å². The molecule has 0 radical (unpaired) electrons. The number of piperidine rings is 1. The Morgan fingerprint density at radius 1 is 1.37 bits per heavy atom. The van der Waals surface area contributed by atoms with Gasteiger partial charge in [0.05, 0.1) is 0 Å². The summed E-state index contributed by atoms with van der Waals surface area (Å²) in [5, 5.41) is 9.92. The van der Waals surface area contributed by atoms with E-state index in [2.05, 4.69) is 28.5 Å². The monoisotopic (exact) mass is 370 g/mol. The van der Waals surface area contributed by atoms with Crippen LogP contribution in [0.2, 0.25) is 0 Å². The van der Waals surface area contributed by atoms with E-state index in [0.717, 1.165) is 44.7 Å². The molecule has 0 saturated carbocycles. The van der Waals surface area contributed by atoms with Crippen LogP contribution in [0.5, 0.6) is 5.75 Å². The van der Waals surface area contributed by atoms with Crippen molar-refractivity contribution in [1.82, 2.24) is 19.4 Å². The quantitative estimate of drug-likeness (QED) is 0.849. The maximum Gasteiger partial charge on any atom is 0.254 e. The second kappa shape index (κ2) is 8.57. The van der Waals surface area contributed by atoms with Gasteiger partial charge in [-0.15, -0.1) is 0 Å². The van der Waals surface area contributed by atoms with Gasteiger partial charge in [-0.2, -0.15) is 0 Å². The molecular weight excluding hydrogens is 340 g/mol. The third kappa shape index (κ3) is 4.50. The first-order chi connectivity index (χ1) is 13.0. The lowest BCUT2D eigenvalue weighted by molar-refractivity contribution is 0.0702. The van der Waals surface area contributed by atoms with Crippen molar-refractivity contribution in [2.75, 3.05) is 33.7 Å². The number of phenols is 1. The predicted octanol–water partition coefficient (Wildman–Crippen LogP) is 2.87. The van der Waals surface area contributed by atoms with Gasteiger partial charge in [0.15, 0.2) is 0 Å². The van der Waals surface area contributed by atoms with Crippen molar-refractivity contribution in [3.05, 3.63) is 47.5 Å². The molecule has 0 bridgehead atoms. The molecule has 1 aliphatic rings. The van der Waals surface area contributed by atoms with E-state index >= 15 is 0 Å². The van der Waals surface area contributed by atoms with Crippen LogP contribution in [-0.2, 0) is 6.54 Å². The molecule has 3 rings (SSSR count). The van der Waals surface area contributed by atoms with Crippen molar-refractivity contribution < 1.29 is 9.90 Å². The van der Waals surface area contributed by atoms with Crippen LogP contribution in [0, 0.1) is 6.92 Å². The van der Waals surface area contributed by atoms with Crippen LogP contribution >= 0.6 is 0 Å². The Bertz CT molecular complexity index is 784. The van der Waals surface area contributed by atoms with E-state index in [-0.39, 0.29) is 17.6 Å². The van der Waals surface area contributed by atoms with E-state index in [4.69, 9.17) is 0 Å². The Kier molecular flexibility index (Phi) is 6.16. The zero-order chi connectivity index (χ0) is 19.4. The van der Waals surface area contributed by atoms with Crippen LogP contribution in [0.15, 0.2) is 30.6 Å². The number of aromatic hydroxyl groups is 1. The SMILES string of the molecule is Cc1c(O)cccc1C(=O)N1CCC[C@H](c2nccn2CCCN(C)C)C1. The van der Waals surface area contributed by atoms with Gasteiger partial charge in [-0.1, -0.05) is 6.07 Å². The molecule has 1 amide bonds. The second-order valence-corrected chi connectivity index (χ2v) is 7.68. The van der Waals surface area contributed by atoms with Crippen LogP contribution in [0.4, 0.5) is 0 Å². The van der Waals surface area contributed by atoms with Crippen molar-refractivity contribution in [3.63, 3.8) is 0 Å². The minimum absolute atomic E-state index is 0.00110.